The Kier molecular flexibility index (Phi) is 6.00. The summed E-state index contributed by atoms with van der Waals surface area (Å²) >= 11 is 3.01. The van der Waals surface area contributed by atoms with Crippen molar-refractivity contribution in [2.24, 2.45) is 0 Å². The van der Waals surface area contributed by atoms with E-state index in [4.69, 9.17) is 0 Å². The minimum absolute atomic E-state index is 0.206. The lowest BCUT2D eigenvalue weighted by molar-refractivity contribution is -0.384. The minimum atomic E-state index is -0.642. The number of halogens is 2. The monoisotopic (exact) mass is 319 g/mol. The molecule has 0 aliphatic carbocycles. The third-order valence-corrected chi connectivity index (χ3v) is 2.89. The van der Waals surface area contributed by atoms with E-state index in [0.717, 1.165) is 19.0 Å². The van der Waals surface area contributed by atoms with Crippen LogP contribution in [0.4, 0.5) is 15.8 Å². The molecule has 0 heterocycles. The minimum Gasteiger partial charge on any atom is -0.378 e. The Morgan fingerprint density at radius 2 is 2.11 bits per heavy atom. The van der Waals surface area contributed by atoms with Crippen LogP contribution in [0.2, 0.25) is 0 Å². The lowest BCUT2D eigenvalue weighted by Crippen LogP contribution is -2.23. The quantitative estimate of drug-likeness (QED) is 0.460. The van der Waals surface area contributed by atoms with Crippen molar-refractivity contribution in [3.05, 3.63) is 32.5 Å². The SMILES string of the molecule is CCCNCCNc1cc(Br)c(F)cc1[N+](=O)[O-]. The number of hydrogen-bond donors (Lipinski definition) is 2. The van der Waals surface area contributed by atoms with Gasteiger partial charge in [-0.05, 0) is 35.0 Å². The summed E-state index contributed by atoms with van der Waals surface area (Å²) in [4.78, 5) is 10.2. The standard InChI is InChI=1S/C11H15BrFN3O2/c1-2-3-14-4-5-15-10-6-8(12)9(13)7-11(10)16(17)18/h6-7,14-15H,2-5H2,1H3. The third kappa shape index (κ3) is 4.23. The van der Waals surface area contributed by atoms with E-state index in [1.54, 1.807) is 0 Å². The molecule has 18 heavy (non-hydrogen) atoms. The second-order valence-electron chi connectivity index (χ2n) is 3.72. The molecule has 0 amide bonds. The van der Waals surface area contributed by atoms with Crippen molar-refractivity contribution in [3.63, 3.8) is 0 Å². The summed E-state index contributed by atoms with van der Waals surface area (Å²) in [6.45, 7) is 4.19. The maximum Gasteiger partial charge on any atom is 0.295 e. The van der Waals surface area contributed by atoms with Crippen LogP contribution in [0.25, 0.3) is 0 Å². The molecule has 0 spiro atoms. The van der Waals surface area contributed by atoms with Crippen LogP contribution in [0.1, 0.15) is 13.3 Å². The molecule has 7 heteroatoms. The number of nitrogens with zero attached hydrogens (tertiary/aromatic N) is 1. The number of anilines is 1. The molecule has 1 aromatic rings. The fourth-order valence-electron chi connectivity index (χ4n) is 1.42. The van der Waals surface area contributed by atoms with Crippen LogP contribution in [0.3, 0.4) is 0 Å². The van der Waals surface area contributed by atoms with Crippen molar-refractivity contribution >= 4 is 27.3 Å². The molecule has 0 saturated heterocycles. The Hall–Kier alpha value is -1.21. The second-order valence-corrected chi connectivity index (χ2v) is 4.57. The summed E-state index contributed by atoms with van der Waals surface area (Å²) in [7, 11) is 0. The summed E-state index contributed by atoms with van der Waals surface area (Å²) in [5.41, 5.74) is 0.0535. The molecule has 0 bridgehead atoms. The molecule has 0 fully saturated rings. The molecular formula is C11H15BrFN3O2. The van der Waals surface area contributed by atoms with Gasteiger partial charge in [-0.1, -0.05) is 6.92 Å². The van der Waals surface area contributed by atoms with Crippen LogP contribution in [-0.2, 0) is 0 Å². The molecule has 0 aliphatic heterocycles. The zero-order chi connectivity index (χ0) is 13.5. The Morgan fingerprint density at radius 1 is 1.39 bits per heavy atom. The van der Waals surface area contributed by atoms with Crippen LogP contribution in [0.15, 0.2) is 16.6 Å². The first kappa shape index (κ1) is 14.8. The molecule has 0 saturated carbocycles. The molecule has 0 unspecified atom stereocenters. The van der Waals surface area contributed by atoms with E-state index in [0.29, 0.717) is 18.8 Å². The average molecular weight is 320 g/mol. The Morgan fingerprint density at radius 3 is 2.72 bits per heavy atom. The molecule has 1 aromatic carbocycles. The van der Waals surface area contributed by atoms with Gasteiger partial charge in [0.2, 0.25) is 0 Å². The number of benzene rings is 1. The molecular weight excluding hydrogens is 305 g/mol. The smallest absolute Gasteiger partial charge is 0.295 e. The fourth-order valence-corrected chi connectivity index (χ4v) is 1.76. The Bertz CT molecular complexity index is 429. The zero-order valence-corrected chi connectivity index (χ0v) is 11.6. The van der Waals surface area contributed by atoms with Crippen molar-refractivity contribution in [2.75, 3.05) is 25.0 Å². The van der Waals surface area contributed by atoms with Crippen molar-refractivity contribution < 1.29 is 9.31 Å². The first-order chi connectivity index (χ1) is 8.56. The molecule has 2 N–H and O–H groups in total. The van der Waals surface area contributed by atoms with Gasteiger partial charge < -0.3 is 10.6 Å². The van der Waals surface area contributed by atoms with Crippen LogP contribution >= 0.6 is 15.9 Å². The highest BCUT2D eigenvalue weighted by molar-refractivity contribution is 9.10. The van der Waals surface area contributed by atoms with E-state index >= 15 is 0 Å². The van der Waals surface area contributed by atoms with Crippen LogP contribution in [-0.4, -0.2) is 24.6 Å². The van der Waals surface area contributed by atoms with Gasteiger partial charge in [0.15, 0.2) is 0 Å². The predicted molar refractivity (Wildman–Crippen MR) is 72.4 cm³/mol. The maximum absolute atomic E-state index is 13.2. The van der Waals surface area contributed by atoms with Crippen molar-refractivity contribution in [2.45, 2.75) is 13.3 Å². The van der Waals surface area contributed by atoms with Crippen LogP contribution in [0.5, 0.6) is 0 Å². The van der Waals surface area contributed by atoms with E-state index in [1.165, 1.54) is 6.07 Å². The zero-order valence-electron chi connectivity index (χ0n) is 10.0. The lowest BCUT2D eigenvalue weighted by atomic mass is 10.2. The number of rotatable bonds is 7. The highest BCUT2D eigenvalue weighted by Gasteiger charge is 2.17. The molecule has 5 nitrogen and oxygen atoms in total. The Labute approximate surface area is 113 Å². The van der Waals surface area contributed by atoms with E-state index in [1.807, 2.05) is 0 Å². The number of nitro benzene ring substituents is 1. The van der Waals surface area contributed by atoms with Gasteiger partial charge in [0.1, 0.15) is 11.5 Å². The topological polar surface area (TPSA) is 67.2 Å². The van der Waals surface area contributed by atoms with Crippen LogP contribution < -0.4 is 10.6 Å². The molecule has 0 atom stereocenters. The Balaban J connectivity index is 2.68. The first-order valence-electron chi connectivity index (χ1n) is 5.64. The molecule has 0 aliphatic rings. The number of nitrogens with one attached hydrogen (secondary N) is 2. The van der Waals surface area contributed by atoms with Crippen molar-refractivity contribution in [1.82, 2.24) is 5.32 Å². The van der Waals surface area contributed by atoms with Gasteiger partial charge in [0.25, 0.3) is 5.69 Å². The molecule has 100 valence electrons. The highest BCUT2D eigenvalue weighted by atomic mass is 79.9. The summed E-state index contributed by atoms with van der Waals surface area (Å²) in [6.07, 6.45) is 1.03. The molecule has 0 aromatic heterocycles. The van der Waals surface area contributed by atoms with Gasteiger partial charge in [-0.3, -0.25) is 10.1 Å². The van der Waals surface area contributed by atoms with Gasteiger partial charge in [-0.15, -0.1) is 0 Å². The van der Waals surface area contributed by atoms with E-state index in [9.17, 15) is 14.5 Å². The van der Waals surface area contributed by atoms with E-state index in [2.05, 4.69) is 33.5 Å². The summed E-state index contributed by atoms with van der Waals surface area (Å²) < 4.78 is 13.4. The molecule has 1 rings (SSSR count). The van der Waals surface area contributed by atoms with Crippen molar-refractivity contribution in [3.8, 4) is 0 Å². The largest absolute Gasteiger partial charge is 0.378 e. The summed E-state index contributed by atoms with van der Waals surface area (Å²) in [5, 5.41) is 16.9. The van der Waals surface area contributed by atoms with Gasteiger partial charge in [-0.2, -0.15) is 0 Å². The van der Waals surface area contributed by atoms with Gasteiger partial charge in [-0.25, -0.2) is 4.39 Å². The van der Waals surface area contributed by atoms with E-state index < -0.39 is 10.7 Å². The maximum atomic E-state index is 13.2. The summed E-state index contributed by atoms with van der Waals surface area (Å²) in [6, 6.07) is 2.29. The lowest BCUT2D eigenvalue weighted by Gasteiger charge is -2.08. The van der Waals surface area contributed by atoms with Gasteiger partial charge >= 0.3 is 0 Å². The van der Waals surface area contributed by atoms with Crippen molar-refractivity contribution in [1.29, 1.82) is 0 Å². The second kappa shape index (κ2) is 7.27. The fraction of sp³-hybridized carbons (Fsp3) is 0.455. The highest BCUT2D eigenvalue weighted by Crippen LogP contribution is 2.30. The average Bonchev–Trinajstić information content (AvgIpc) is 2.32. The predicted octanol–water partition coefficient (Wildman–Crippen LogP) is 2.91. The first-order valence-corrected chi connectivity index (χ1v) is 6.43. The molecule has 0 radical (unpaired) electrons. The third-order valence-electron chi connectivity index (χ3n) is 2.28. The van der Waals surface area contributed by atoms with Gasteiger partial charge in [0, 0.05) is 13.1 Å². The van der Waals surface area contributed by atoms with Crippen LogP contribution in [0, 0.1) is 15.9 Å². The van der Waals surface area contributed by atoms with Gasteiger partial charge in [0.05, 0.1) is 15.5 Å². The number of nitro groups is 1. The normalized spacial score (nSPS) is 10.4. The number of hydrogen-bond acceptors (Lipinski definition) is 4. The summed E-state index contributed by atoms with van der Waals surface area (Å²) in [5.74, 6) is -0.642. The van der Waals surface area contributed by atoms with E-state index in [-0.39, 0.29) is 10.2 Å².